The molecule has 0 unspecified atom stereocenters. The molecule has 0 heterocycles. The summed E-state index contributed by atoms with van der Waals surface area (Å²) in [5.41, 5.74) is 5.72. The Kier molecular flexibility index (Phi) is 4.74. The number of nitrogens with zero attached hydrogens (tertiary/aromatic N) is 1. The van der Waals surface area contributed by atoms with Gasteiger partial charge in [0.05, 0.1) is 8.07 Å². The molecule has 4 nitrogen and oxygen atoms in total. The Bertz CT molecular complexity index is 565. The van der Waals surface area contributed by atoms with Crippen molar-refractivity contribution in [3.05, 3.63) is 28.7 Å². The number of halogens is 1. The highest BCUT2D eigenvalue weighted by Crippen LogP contribution is 2.23. The summed E-state index contributed by atoms with van der Waals surface area (Å²) < 4.78 is 28.3. The van der Waals surface area contributed by atoms with Gasteiger partial charge in [-0.05, 0) is 28.1 Å². The van der Waals surface area contributed by atoms with Gasteiger partial charge in [0, 0.05) is 10.5 Å². The molecule has 0 aromatic heterocycles. The van der Waals surface area contributed by atoms with Crippen LogP contribution in [0, 0.1) is 0 Å². The molecule has 100 valence electrons. The second-order valence-electron chi connectivity index (χ2n) is 5.23. The first-order valence-corrected chi connectivity index (χ1v) is 11.4. The predicted molar refractivity (Wildman–Crippen MR) is 81.1 cm³/mol. The van der Waals surface area contributed by atoms with Gasteiger partial charge in [-0.3, -0.25) is 0 Å². The lowest BCUT2D eigenvalue weighted by Crippen LogP contribution is -2.29. The first-order chi connectivity index (χ1) is 8.12. The van der Waals surface area contributed by atoms with Gasteiger partial charge in [-0.15, -0.1) is 4.40 Å². The highest BCUT2D eigenvalue weighted by atomic mass is 79.9. The van der Waals surface area contributed by atoms with Crippen LogP contribution in [0.4, 0.5) is 0 Å². The number of amidine groups is 1. The first-order valence-electron chi connectivity index (χ1n) is 5.46. The van der Waals surface area contributed by atoms with Crippen LogP contribution in [0.25, 0.3) is 0 Å². The second-order valence-corrected chi connectivity index (χ2v) is 13.1. The minimum absolute atomic E-state index is 0.142. The topological polar surface area (TPSA) is 72.5 Å². The molecule has 0 saturated heterocycles. The van der Waals surface area contributed by atoms with E-state index < -0.39 is 18.1 Å². The van der Waals surface area contributed by atoms with Gasteiger partial charge in [0.25, 0.3) is 10.0 Å². The van der Waals surface area contributed by atoms with Crippen LogP contribution in [0.3, 0.4) is 0 Å². The van der Waals surface area contributed by atoms with Crippen molar-refractivity contribution in [2.24, 2.45) is 10.1 Å². The maximum Gasteiger partial charge on any atom is 0.285 e. The number of hydrogen-bond donors (Lipinski definition) is 1. The number of hydrogen-bond acceptors (Lipinski definition) is 2. The third-order valence-corrected chi connectivity index (χ3v) is 5.83. The van der Waals surface area contributed by atoms with Crippen LogP contribution in [-0.4, -0.2) is 22.3 Å². The molecule has 0 amide bonds. The molecule has 2 N–H and O–H groups in total. The Morgan fingerprint density at radius 2 is 1.89 bits per heavy atom. The molecular weight excluding hydrogens is 332 g/mol. The normalized spacial score (nSPS) is 13.7. The minimum atomic E-state index is -3.72. The molecule has 7 heteroatoms. The Labute approximate surface area is 118 Å². The van der Waals surface area contributed by atoms with Gasteiger partial charge in [-0.25, -0.2) is 0 Å². The molecule has 1 aromatic rings. The Morgan fingerprint density at radius 1 is 1.33 bits per heavy atom. The molecule has 0 bridgehead atoms. The van der Waals surface area contributed by atoms with E-state index in [0.29, 0.717) is 10.5 Å². The fourth-order valence-electron chi connectivity index (χ4n) is 1.43. The third-order valence-electron chi connectivity index (χ3n) is 2.06. The lowest BCUT2D eigenvalue weighted by atomic mass is 10.4. The summed E-state index contributed by atoms with van der Waals surface area (Å²) in [5, 5.41) is 0. The monoisotopic (exact) mass is 348 g/mol. The minimum Gasteiger partial charge on any atom is -0.387 e. The van der Waals surface area contributed by atoms with Crippen LogP contribution in [0.2, 0.25) is 25.7 Å². The van der Waals surface area contributed by atoms with Crippen molar-refractivity contribution < 1.29 is 8.42 Å². The summed E-state index contributed by atoms with van der Waals surface area (Å²) in [6.07, 6.45) is 0. The summed E-state index contributed by atoms with van der Waals surface area (Å²) >= 11 is 3.20. The molecule has 0 radical (unpaired) electrons. The van der Waals surface area contributed by atoms with E-state index in [-0.39, 0.29) is 10.7 Å². The van der Waals surface area contributed by atoms with Crippen molar-refractivity contribution in [2.45, 2.75) is 30.6 Å². The predicted octanol–water partition coefficient (Wildman–Crippen LogP) is 2.83. The summed E-state index contributed by atoms with van der Waals surface area (Å²) in [7, 11) is -5.19. The van der Waals surface area contributed by atoms with Crippen molar-refractivity contribution in [1.82, 2.24) is 0 Å². The standard InChI is InChI=1S/C11H17BrN2O2SSi/c1-18(2,3)8-11(13)14-17(15,16)10-7-5-4-6-9(10)12/h4-7H,8H2,1-3H3,(H2,13,14). The molecule has 1 rings (SSSR count). The zero-order valence-electron chi connectivity index (χ0n) is 10.6. The van der Waals surface area contributed by atoms with E-state index in [4.69, 9.17) is 5.73 Å². The van der Waals surface area contributed by atoms with E-state index in [9.17, 15) is 8.42 Å². The second kappa shape index (κ2) is 5.54. The molecule has 1 aromatic carbocycles. The van der Waals surface area contributed by atoms with E-state index in [1.807, 2.05) is 0 Å². The lowest BCUT2D eigenvalue weighted by Gasteiger charge is -2.14. The third kappa shape index (κ3) is 4.54. The van der Waals surface area contributed by atoms with E-state index in [1.54, 1.807) is 18.2 Å². The van der Waals surface area contributed by atoms with Crippen molar-refractivity contribution in [2.75, 3.05) is 0 Å². The van der Waals surface area contributed by atoms with Crippen molar-refractivity contribution >= 4 is 39.9 Å². The van der Waals surface area contributed by atoms with Gasteiger partial charge in [-0.2, -0.15) is 8.42 Å². The summed E-state index contributed by atoms with van der Waals surface area (Å²) in [6, 6.07) is 7.14. The van der Waals surface area contributed by atoms with Crippen LogP contribution < -0.4 is 5.73 Å². The van der Waals surface area contributed by atoms with Gasteiger partial charge in [0.15, 0.2) is 0 Å². The SMILES string of the molecule is C[Si](C)(C)C/C(N)=N/S(=O)(=O)c1ccccc1Br. The number of rotatable bonds is 4. The number of benzene rings is 1. The maximum atomic E-state index is 12.1. The highest BCUT2D eigenvalue weighted by Gasteiger charge is 2.20. The van der Waals surface area contributed by atoms with Crippen LogP contribution in [-0.2, 0) is 10.0 Å². The molecule has 0 aliphatic rings. The van der Waals surface area contributed by atoms with Crippen LogP contribution in [0.1, 0.15) is 0 Å². The summed E-state index contributed by atoms with van der Waals surface area (Å²) in [4.78, 5) is 0.142. The zero-order chi connectivity index (χ0) is 14.0. The van der Waals surface area contributed by atoms with E-state index >= 15 is 0 Å². The van der Waals surface area contributed by atoms with Gasteiger partial charge < -0.3 is 5.73 Å². The van der Waals surface area contributed by atoms with Crippen molar-refractivity contribution in [3.8, 4) is 0 Å². The number of sulfonamides is 1. The lowest BCUT2D eigenvalue weighted by molar-refractivity contribution is 0.597. The first kappa shape index (κ1) is 15.4. The van der Waals surface area contributed by atoms with Crippen LogP contribution in [0.5, 0.6) is 0 Å². The largest absolute Gasteiger partial charge is 0.387 e. The summed E-state index contributed by atoms with van der Waals surface area (Å²) in [5.74, 6) is 0.185. The molecular formula is C11H17BrN2O2SSi. The van der Waals surface area contributed by atoms with Crippen LogP contribution in [0.15, 0.2) is 38.0 Å². The average molecular weight is 349 g/mol. The van der Waals surface area contributed by atoms with E-state index in [2.05, 4.69) is 40.0 Å². The van der Waals surface area contributed by atoms with Gasteiger partial charge >= 0.3 is 0 Å². The average Bonchev–Trinajstić information content (AvgIpc) is 2.13. The van der Waals surface area contributed by atoms with Crippen molar-refractivity contribution in [3.63, 3.8) is 0 Å². The van der Waals surface area contributed by atoms with Crippen LogP contribution >= 0.6 is 15.9 Å². The number of nitrogens with two attached hydrogens (primary N) is 1. The van der Waals surface area contributed by atoms with Crippen molar-refractivity contribution in [1.29, 1.82) is 0 Å². The molecule has 0 aliphatic heterocycles. The van der Waals surface area contributed by atoms with E-state index in [1.165, 1.54) is 6.07 Å². The van der Waals surface area contributed by atoms with Gasteiger partial charge in [0.2, 0.25) is 0 Å². The molecule has 18 heavy (non-hydrogen) atoms. The highest BCUT2D eigenvalue weighted by molar-refractivity contribution is 9.10. The van der Waals surface area contributed by atoms with Gasteiger partial charge in [0.1, 0.15) is 10.7 Å². The molecule has 0 spiro atoms. The van der Waals surface area contributed by atoms with E-state index in [0.717, 1.165) is 0 Å². The smallest absolute Gasteiger partial charge is 0.285 e. The molecule has 0 saturated carbocycles. The maximum absolute atomic E-state index is 12.1. The molecule has 0 fully saturated rings. The molecule has 0 atom stereocenters. The van der Waals surface area contributed by atoms with Gasteiger partial charge in [-0.1, -0.05) is 31.8 Å². The Hall–Kier alpha value is -0.663. The fourth-order valence-corrected chi connectivity index (χ4v) is 4.65. The zero-order valence-corrected chi connectivity index (χ0v) is 14.0. The quantitative estimate of drug-likeness (QED) is 0.516. The Morgan fingerprint density at radius 3 is 2.39 bits per heavy atom. The summed E-state index contributed by atoms with van der Waals surface area (Å²) in [6.45, 7) is 6.33. The molecule has 0 aliphatic carbocycles. The Balaban J connectivity index is 3.10. The fraction of sp³-hybridized carbons (Fsp3) is 0.364.